The number of rotatable bonds is 11. The van der Waals surface area contributed by atoms with E-state index in [1.165, 1.54) is 63.5 Å². The van der Waals surface area contributed by atoms with Gasteiger partial charge in [-0.25, -0.2) is 13.2 Å². The number of hydrogen-bond donors (Lipinski definition) is 0. The number of halogens is 4. The van der Waals surface area contributed by atoms with Crippen LogP contribution in [0.25, 0.3) is 0 Å². The van der Waals surface area contributed by atoms with Crippen molar-refractivity contribution >= 4 is 0 Å². The Morgan fingerprint density at radius 3 is 2.09 bits per heavy atom. The van der Waals surface area contributed by atoms with Gasteiger partial charge < -0.3 is 0 Å². The SMILES string of the molecule is FCCCCCC=C[C@H]1CC[C@H](CC[C@H]2CC[C@H](c3ccc(C(F)F)c(F)c3)CC2)CC1. The molecule has 3 rings (SSSR count). The Morgan fingerprint density at radius 1 is 0.844 bits per heavy atom. The summed E-state index contributed by atoms with van der Waals surface area (Å²) in [6.45, 7) is -0.188. The Kier molecular flexibility index (Phi) is 10.6. The quantitative estimate of drug-likeness (QED) is 0.178. The van der Waals surface area contributed by atoms with Gasteiger partial charge in [-0.2, -0.15) is 0 Å². The zero-order valence-electron chi connectivity index (χ0n) is 19.4. The van der Waals surface area contributed by atoms with Crippen LogP contribution in [-0.4, -0.2) is 6.67 Å². The molecular formula is C28H40F4. The van der Waals surface area contributed by atoms with Gasteiger partial charge in [0.15, 0.2) is 0 Å². The van der Waals surface area contributed by atoms with Gasteiger partial charge in [-0.3, -0.25) is 4.39 Å². The molecular weight excluding hydrogens is 412 g/mol. The van der Waals surface area contributed by atoms with Crippen LogP contribution in [-0.2, 0) is 0 Å². The molecule has 0 nitrogen and oxygen atoms in total. The first kappa shape index (κ1) is 25.3. The standard InChI is InChI=1S/C28H40F4/c29-19-5-3-1-2-4-6-21-7-9-22(10-8-21)11-12-23-13-15-24(16-14-23)25-17-18-26(28(31)32)27(30)20-25/h4,6,17-18,20-24,28H,1-3,5,7-16,19H2/t21-,22-,23-,24-. The van der Waals surface area contributed by atoms with Gasteiger partial charge in [0.2, 0.25) is 0 Å². The maximum absolute atomic E-state index is 13.9. The summed E-state index contributed by atoms with van der Waals surface area (Å²) in [6, 6.07) is 4.30. The minimum atomic E-state index is -2.75. The van der Waals surface area contributed by atoms with E-state index in [1.807, 2.05) is 0 Å². The van der Waals surface area contributed by atoms with Crippen molar-refractivity contribution in [3.63, 3.8) is 0 Å². The van der Waals surface area contributed by atoms with Crippen molar-refractivity contribution in [2.24, 2.45) is 17.8 Å². The highest BCUT2D eigenvalue weighted by Crippen LogP contribution is 2.40. The normalized spacial score (nSPS) is 26.8. The van der Waals surface area contributed by atoms with E-state index in [9.17, 15) is 17.6 Å². The minimum Gasteiger partial charge on any atom is -0.251 e. The highest BCUT2D eigenvalue weighted by Gasteiger charge is 2.26. The Labute approximate surface area is 191 Å². The second-order valence-electron chi connectivity index (χ2n) is 10.1. The highest BCUT2D eigenvalue weighted by molar-refractivity contribution is 5.28. The third-order valence-electron chi connectivity index (χ3n) is 7.87. The molecule has 32 heavy (non-hydrogen) atoms. The number of alkyl halides is 3. The summed E-state index contributed by atoms with van der Waals surface area (Å²) < 4.78 is 51.5. The first-order chi connectivity index (χ1) is 15.6. The predicted octanol–water partition coefficient (Wildman–Crippen LogP) is 9.71. The van der Waals surface area contributed by atoms with Crippen LogP contribution in [0.1, 0.15) is 113 Å². The zero-order valence-corrected chi connectivity index (χ0v) is 19.4. The second-order valence-corrected chi connectivity index (χ2v) is 10.1. The molecule has 0 aliphatic heterocycles. The van der Waals surface area contributed by atoms with Gasteiger partial charge in [-0.1, -0.05) is 43.5 Å². The lowest BCUT2D eigenvalue weighted by Crippen LogP contribution is -2.17. The number of unbranched alkanes of at least 4 members (excludes halogenated alkanes) is 3. The summed E-state index contributed by atoms with van der Waals surface area (Å²) >= 11 is 0. The summed E-state index contributed by atoms with van der Waals surface area (Å²) in [5.41, 5.74) is 0.403. The molecule has 0 unspecified atom stereocenters. The molecule has 2 fully saturated rings. The minimum absolute atomic E-state index is 0.188. The van der Waals surface area contributed by atoms with Crippen LogP contribution < -0.4 is 0 Å². The molecule has 2 aliphatic carbocycles. The Balaban J connectivity index is 1.30. The van der Waals surface area contributed by atoms with E-state index in [4.69, 9.17) is 0 Å². The fourth-order valence-electron chi connectivity index (χ4n) is 5.72. The van der Waals surface area contributed by atoms with Crippen LogP contribution in [0.2, 0.25) is 0 Å². The van der Waals surface area contributed by atoms with Crippen LogP contribution in [0.3, 0.4) is 0 Å². The molecule has 0 spiro atoms. The smallest absolute Gasteiger partial charge is 0.251 e. The average Bonchev–Trinajstić information content (AvgIpc) is 2.81. The van der Waals surface area contributed by atoms with Crippen molar-refractivity contribution in [1.29, 1.82) is 0 Å². The molecule has 1 aromatic carbocycles. The molecule has 2 aliphatic rings. The monoisotopic (exact) mass is 452 g/mol. The molecule has 0 atom stereocenters. The fourth-order valence-corrected chi connectivity index (χ4v) is 5.72. The van der Waals surface area contributed by atoms with Crippen molar-refractivity contribution in [3.05, 3.63) is 47.3 Å². The average molecular weight is 453 g/mol. The highest BCUT2D eigenvalue weighted by atomic mass is 19.3. The van der Waals surface area contributed by atoms with Crippen molar-refractivity contribution in [1.82, 2.24) is 0 Å². The third-order valence-corrected chi connectivity index (χ3v) is 7.87. The largest absolute Gasteiger partial charge is 0.266 e. The molecule has 0 radical (unpaired) electrons. The first-order valence-electron chi connectivity index (χ1n) is 12.9. The molecule has 0 N–H and O–H groups in total. The van der Waals surface area contributed by atoms with Crippen molar-refractivity contribution in [3.8, 4) is 0 Å². The van der Waals surface area contributed by atoms with Crippen molar-refractivity contribution in [2.45, 2.75) is 102 Å². The maximum Gasteiger partial charge on any atom is 0.266 e. The van der Waals surface area contributed by atoms with Crippen LogP contribution >= 0.6 is 0 Å². The van der Waals surface area contributed by atoms with E-state index < -0.39 is 17.8 Å². The molecule has 0 saturated heterocycles. The Hall–Kier alpha value is -1.32. The molecule has 0 amide bonds. The fraction of sp³-hybridized carbons (Fsp3) is 0.714. The van der Waals surface area contributed by atoms with Crippen molar-refractivity contribution < 1.29 is 17.6 Å². The van der Waals surface area contributed by atoms with Gasteiger partial charge in [-0.15, -0.1) is 0 Å². The topological polar surface area (TPSA) is 0 Å². The lowest BCUT2D eigenvalue weighted by Gasteiger charge is -2.31. The molecule has 2 saturated carbocycles. The number of hydrogen-bond acceptors (Lipinski definition) is 0. The van der Waals surface area contributed by atoms with E-state index in [0.717, 1.165) is 55.4 Å². The molecule has 180 valence electrons. The van der Waals surface area contributed by atoms with Gasteiger partial charge in [0.1, 0.15) is 5.82 Å². The first-order valence-corrected chi connectivity index (χ1v) is 12.9. The van der Waals surface area contributed by atoms with Gasteiger partial charge in [0.05, 0.1) is 12.2 Å². The summed E-state index contributed by atoms with van der Waals surface area (Å²) in [4.78, 5) is 0. The van der Waals surface area contributed by atoms with E-state index in [-0.39, 0.29) is 6.67 Å². The van der Waals surface area contributed by atoms with E-state index in [2.05, 4.69) is 12.2 Å². The predicted molar refractivity (Wildman–Crippen MR) is 124 cm³/mol. The number of benzene rings is 1. The lowest BCUT2D eigenvalue weighted by molar-refractivity contribution is 0.146. The summed E-state index contributed by atoms with van der Waals surface area (Å²) in [6.07, 6.45) is 18.2. The van der Waals surface area contributed by atoms with Crippen LogP contribution in [0.15, 0.2) is 30.4 Å². The zero-order chi connectivity index (χ0) is 22.8. The summed E-state index contributed by atoms with van der Waals surface area (Å²) in [7, 11) is 0. The number of allylic oxidation sites excluding steroid dienone is 2. The summed E-state index contributed by atoms with van der Waals surface area (Å²) in [5, 5.41) is 0. The second kappa shape index (κ2) is 13.4. The van der Waals surface area contributed by atoms with Gasteiger partial charge >= 0.3 is 0 Å². The lowest BCUT2D eigenvalue weighted by atomic mass is 9.74. The van der Waals surface area contributed by atoms with E-state index >= 15 is 0 Å². The molecule has 0 aromatic heterocycles. The van der Waals surface area contributed by atoms with E-state index in [0.29, 0.717) is 12.3 Å². The molecule has 0 heterocycles. The van der Waals surface area contributed by atoms with Crippen LogP contribution in [0.4, 0.5) is 17.6 Å². The van der Waals surface area contributed by atoms with Crippen molar-refractivity contribution in [2.75, 3.05) is 6.67 Å². The van der Waals surface area contributed by atoms with Gasteiger partial charge in [0.25, 0.3) is 6.43 Å². The summed E-state index contributed by atoms with van der Waals surface area (Å²) in [5.74, 6) is 1.91. The van der Waals surface area contributed by atoms with E-state index in [1.54, 1.807) is 6.07 Å². The Bertz CT molecular complexity index is 683. The van der Waals surface area contributed by atoms with Crippen LogP contribution in [0, 0.1) is 23.6 Å². The molecule has 0 bridgehead atoms. The van der Waals surface area contributed by atoms with Gasteiger partial charge in [-0.05, 0) is 106 Å². The van der Waals surface area contributed by atoms with Crippen LogP contribution in [0.5, 0.6) is 0 Å². The molecule has 1 aromatic rings. The Morgan fingerprint density at radius 2 is 1.50 bits per heavy atom. The maximum atomic E-state index is 13.9. The third kappa shape index (κ3) is 7.92. The van der Waals surface area contributed by atoms with Gasteiger partial charge in [0, 0.05) is 0 Å². The molecule has 4 heteroatoms.